The van der Waals surface area contributed by atoms with Crippen molar-refractivity contribution in [2.24, 2.45) is 0 Å². The van der Waals surface area contributed by atoms with Crippen LogP contribution in [0.2, 0.25) is 0 Å². The lowest BCUT2D eigenvalue weighted by Crippen LogP contribution is -2.19. The Labute approximate surface area is 164 Å². The third kappa shape index (κ3) is 5.97. The second-order valence-electron chi connectivity index (χ2n) is 7.19. The van der Waals surface area contributed by atoms with Gasteiger partial charge in [0, 0.05) is 17.7 Å². The van der Waals surface area contributed by atoms with E-state index in [-0.39, 0.29) is 18.2 Å². The maximum Gasteiger partial charge on any atom is 0.305 e. The van der Waals surface area contributed by atoms with Gasteiger partial charge in [-0.2, -0.15) is 0 Å². The van der Waals surface area contributed by atoms with Gasteiger partial charge in [0.15, 0.2) is 0 Å². The molecule has 0 saturated heterocycles. The van der Waals surface area contributed by atoms with Crippen molar-refractivity contribution in [3.63, 3.8) is 0 Å². The van der Waals surface area contributed by atoms with Gasteiger partial charge in [0.05, 0.1) is 24.3 Å². The number of rotatable bonds is 8. The van der Waals surface area contributed by atoms with E-state index in [1.165, 1.54) is 18.2 Å². The Morgan fingerprint density at radius 2 is 1.86 bits per heavy atom. The molecule has 0 aliphatic heterocycles. The van der Waals surface area contributed by atoms with Gasteiger partial charge in [0.1, 0.15) is 5.82 Å². The van der Waals surface area contributed by atoms with Crippen molar-refractivity contribution < 1.29 is 24.5 Å². The van der Waals surface area contributed by atoms with Gasteiger partial charge in [-0.15, -0.1) is 0 Å². The van der Waals surface area contributed by atoms with Gasteiger partial charge in [0.25, 0.3) is 0 Å². The van der Waals surface area contributed by atoms with Crippen molar-refractivity contribution in [3.05, 3.63) is 59.2 Å². The first kappa shape index (κ1) is 21.7. The minimum absolute atomic E-state index is 0.0784. The zero-order valence-corrected chi connectivity index (χ0v) is 16.3. The molecule has 1 aromatic carbocycles. The van der Waals surface area contributed by atoms with Crippen molar-refractivity contribution in [3.8, 4) is 11.1 Å². The third-order valence-corrected chi connectivity index (χ3v) is 4.33. The zero-order valence-electron chi connectivity index (χ0n) is 16.3. The second kappa shape index (κ2) is 9.57. The summed E-state index contributed by atoms with van der Waals surface area (Å²) in [6.07, 6.45) is 0.626. The molecule has 6 heteroatoms. The van der Waals surface area contributed by atoms with Crippen LogP contribution in [0.25, 0.3) is 17.2 Å². The molecule has 2 rings (SSSR count). The van der Waals surface area contributed by atoms with Crippen LogP contribution in [0, 0.1) is 12.7 Å². The SMILES string of the molecule is Cc1cc(-c2ccc(F)cc2)c(/C=C/[C@@H](O)C[C@@H](O)CC(=O)O)c(C(C)C)n1. The van der Waals surface area contributed by atoms with Gasteiger partial charge in [0.2, 0.25) is 0 Å². The topological polar surface area (TPSA) is 90.7 Å². The van der Waals surface area contributed by atoms with Crippen molar-refractivity contribution >= 4 is 12.0 Å². The summed E-state index contributed by atoms with van der Waals surface area (Å²) >= 11 is 0. The number of aliphatic hydroxyl groups is 2. The summed E-state index contributed by atoms with van der Waals surface area (Å²) in [5.74, 6) is -1.32. The molecule has 2 aromatic rings. The Bertz CT molecular complexity index is 846. The highest BCUT2D eigenvalue weighted by molar-refractivity contribution is 5.77. The van der Waals surface area contributed by atoms with E-state index in [4.69, 9.17) is 5.11 Å². The predicted octanol–water partition coefficient (Wildman–Crippen LogP) is 3.92. The fourth-order valence-corrected chi connectivity index (χ4v) is 3.04. The van der Waals surface area contributed by atoms with Crippen molar-refractivity contribution in [1.29, 1.82) is 0 Å². The number of nitrogens with zero attached hydrogens (tertiary/aromatic N) is 1. The maximum atomic E-state index is 13.3. The van der Waals surface area contributed by atoms with Crippen LogP contribution in [0.5, 0.6) is 0 Å². The van der Waals surface area contributed by atoms with Crippen molar-refractivity contribution in [2.45, 2.75) is 51.7 Å². The van der Waals surface area contributed by atoms with Crippen LogP contribution >= 0.6 is 0 Å². The second-order valence-corrected chi connectivity index (χ2v) is 7.19. The van der Waals surface area contributed by atoms with E-state index in [0.29, 0.717) is 0 Å². The fourth-order valence-electron chi connectivity index (χ4n) is 3.04. The maximum absolute atomic E-state index is 13.3. The molecule has 5 nitrogen and oxygen atoms in total. The number of aliphatic hydroxyl groups excluding tert-OH is 2. The number of carboxylic acid groups (broad SMARTS) is 1. The quantitative estimate of drug-likeness (QED) is 0.639. The number of aryl methyl sites for hydroxylation is 1. The van der Waals surface area contributed by atoms with E-state index in [1.54, 1.807) is 18.2 Å². The molecule has 0 aliphatic carbocycles. The molecule has 150 valence electrons. The molecule has 0 aliphatic rings. The van der Waals surface area contributed by atoms with Crippen LogP contribution in [-0.2, 0) is 4.79 Å². The monoisotopic (exact) mass is 387 g/mol. The average Bonchev–Trinajstić information content (AvgIpc) is 2.59. The van der Waals surface area contributed by atoms with Gasteiger partial charge >= 0.3 is 5.97 Å². The molecule has 0 unspecified atom stereocenters. The van der Waals surface area contributed by atoms with Crippen LogP contribution in [-0.4, -0.2) is 38.5 Å². The fraction of sp³-hybridized carbons (Fsp3) is 0.364. The highest BCUT2D eigenvalue weighted by Gasteiger charge is 2.16. The van der Waals surface area contributed by atoms with Crippen molar-refractivity contribution in [1.82, 2.24) is 4.98 Å². The summed E-state index contributed by atoms with van der Waals surface area (Å²) in [5.41, 5.74) is 4.17. The van der Waals surface area contributed by atoms with Gasteiger partial charge < -0.3 is 15.3 Å². The van der Waals surface area contributed by atoms with Crippen LogP contribution < -0.4 is 0 Å². The molecule has 0 bridgehead atoms. The first-order chi connectivity index (χ1) is 13.2. The number of pyridine rings is 1. The van der Waals surface area contributed by atoms with E-state index in [2.05, 4.69) is 4.98 Å². The van der Waals surface area contributed by atoms with Gasteiger partial charge in [-0.25, -0.2) is 4.39 Å². The molecule has 1 aromatic heterocycles. The van der Waals surface area contributed by atoms with E-state index >= 15 is 0 Å². The number of benzene rings is 1. The standard InChI is InChI=1S/C22H26FNO4/c1-13(2)22-19(9-8-17(25)11-18(26)12-21(27)28)20(10-14(3)24-22)15-4-6-16(23)7-5-15/h4-10,13,17-18,25-26H,11-12H2,1-3H3,(H,27,28)/b9-8+/t17-,18-/m1/s1. The summed E-state index contributed by atoms with van der Waals surface area (Å²) in [6, 6.07) is 8.08. The summed E-state index contributed by atoms with van der Waals surface area (Å²) < 4.78 is 13.3. The van der Waals surface area contributed by atoms with Crippen LogP contribution in [0.4, 0.5) is 4.39 Å². The molecule has 0 fully saturated rings. The minimum atomic E-state index is -1.13. The van der Waals surface area contributed by atoms with Gasteiger partial charge in [-0.3, -0.25) is 9.78 Å². The zero-order chi connectivity index (χ0) is 20.8. The molecule has 2 atom stereocenters. The summed E-state index contributed by atoms with van der Waals surface area (Å²) in [7, 11) is 0. The van der Waals surface area contributed by atoms with Gasteiger partial charge in [-0.1, -0.05) is 38.1 Å². The Balaban J connectivity index is 2.40. The molecular formula is C22H26FNO4. The number of aliphatic carboxylic acids is 1. The molecule has 3 N–H and O–H groups in total. The van der Waals surface area contributed by atoms with Crippen LogP contribution in [0.3, 0.4) is 0 Å². The highest BCUT2D eigenvalue weighted by atomic mass is 19.1. The molecule has 1 heterocycles. The molecule has 0 saturated carbocycles. The smallest absolute Gasteiger partial charge is 0.305 e. The Morgan fingerprint density at radius 1 is 1.21 bits per heavy atom. The largest absolute Gasteiger partial charge is 0.481 e. The normalized spacial score (nSPS) is 13.8. The first-order valence-electron chi connectivity index (χ1n) is 9.21. The number of hydrogen-bond acceptors (Lipinski definition) is 4. The minimum Gasteiger partial charge on any atom is -0.481 e. The number of carbonyl (C=O) groups is 1. The lowest BCUT2D eigenvalue weighted by atomic mass is 9.93. The van der Waals surface area contributed by atoms with Gasteiger partial charge in [-0.05, 0) is 42.2 Å². The van der Waals surface area contributed by atoms with E-state index in [0.717, 1.165) is 28.1 Å². The van der Waals surface area contributed by atoms with E-state index in [9.17, 15) is 19.4 Å². The number of aromatic nitrogens is 1. The first-order valence-corrected chi connectivity index (χ1v) is 9.21. The molecular weight excluding hydrogens is 361 g/mol. The Hall–Kier alpha value is -2.57. The number of halogens is 1. The van der Waals surface area contributed by atoms with Crippen LogP contribution in [0.15, 0.2) is 36.4 Å². The third-order valence-electron chi connectivity index (χ3n) is 4.33. The molecule has 0 amide bonds. The summed E-state index contributed by atoms with van der Waals surface area (Å²) in [5, 5.41) is 28.6. The van der Waals surface area contributed by atoms with Crippen LogP contribution in [0.1, 0.15) is 49.6 Å². The number of carboxylic acids is 1. The predicted molar refractivity (Wildman–Crippen MR) is 106 cm³/mol. The lowest BCUT2D eigenvalue weighted by molar-refractivity contribution is -0.139. The van der Waals surface area contributed by atoms with E-state index in [1.807, 2.05) is 26.8 Å². The Kier molecular flexibility index (Phi) is 7.43. The lowest BCUT2D eigenvalue weighted by Gasteiger charge is -2.17. The highest BCUT2D eigenvalue weighted by Crippen LogP contribution is 2.31. The number of hydrogen-bond donors (Lipinski definition) is 3. The van der Waals surface area contributed by atoms with Crippen molar-refractivity contribution in [2.75, 3.05) is 0 Å². The summed E-state index contributed by atoms with van der Waals surface area (Å²) in [6.45, 7) is 5.92. The Morgan fingerprint density at radius 3 is 2.43 bits per heavy atom. The average molecular weight is 387 g/mol. The molecule has 28 heavy (non-hydrogen) atoms. The van der Waals surface area contributed by atoms with E-state index < -0.39 is 24.6 Å². The molecule has 0 spiro atoms. The molecule has 0 radical (unpaired) electrons. The summed E-state index contributed by atoms with van der Waals surface area (Å²) in [4.78, 5) is 15.3.